The van der Waals surface area contributed by atoms with Crippen molar-refractivity contribution < 1.29 is 0 Å². The van der Waals surface area contributed by atoms with Crippen LogP contribution in [-0.2, 0) is 0 Å². The largest absolute Gasteiger partial charge is 0.0698 e. The maximum atomic E-state index is 2.76. The minimum Gasteiger partial charge on any atom is -0.0698 e. The summed E-state index contributed by atoms with van der Waals surface area (Å²) >= 11 is 0. The van der Waals surface area contributed by atoms with E-state index in [2.05, 4.69) is 52.8 Å². The average Bonchev–Trinajstić information content (AvgIpc) is 2.32. The van der Waals surface area contributed by atoms with Crippen LogP contribution in [0.5, 0.6) is 0 Å². The lowest BCUT2D eigenvalue weighted by molar-refractivity contribution is 0.571. The van der Waals surface area contributed by atoms with Crippen molar-refractivity contribution in [2.24, 2.45) is 0 Å². The number of rotatable bonds is 14. The monoisotopic (exact) mass is 372 g/mol. The van der Waals surface area contributed by atoms with E-state index in [0.717, 1.165) is 0 Å². The van der Waals surface area contributed by atoms with E-state index >= 15 is 0 Å². The van der Waals surface area contributed by atoms with Gasteiger partial charge in [0, 0.05) is 24.2 Å². The van der Waals surface area contributed by atoms with Gasteiger partial charge in [0.25, 0.3) is 0 Å². The molecule has 0 unspecified atom stereocenters. The van der Waals surface area contributed by atoms with Gasteiger partial charge < -0.3 is 0 Å². The van der Waals surface area contributed by atoms with Gasteiger partial charge >= 0.3 is 0 Å². The van der Waals surface area contributed by atoms with Gasteiger partial charge in [-0.3, -0.25) is 0 Å². The Morgan fingerprint density at radius 3 is 1.17 bits per heavy atom. The Labute approximate surface area is 152 Å². The fourth-order valence-corrected chi connectivity index (χ4v) is 29.3. The van der Waals surface area contributed by atoms with Gasteiger partial charge in [0.15, 0.2) is 0 Å². The van der Waals surface area contributed by atoms with E-state index in [1.807, 2.05) is 0 Å². The molecule has 0 aliphatic carbocycles. The molecule has 0 aromatic rings. The van der Waals surface area contributed by atoms with Crippen LogP contribution in [0.3, 0.4) is 0 Å². The van der Waals surface area contributed by atoms with Crippen LogP contribution in [0.1, 0.15) is 64.7 Å². The summed E-state index contributed by atoms with van der Waals surface area (Å²) in [6.07, 6.45) is 13.3. The molecule has 0 radical (unpaired) electrons. The van der Waals surface area contributed by atoms with Crippen molar-refractivity contribution in [2.75, 3.05) is 0 Å². The third kappa shape index (κ3) is 15.9. The summed E-state index contributed by atoms with van der Waals surface area (Å²) in [5, 5.41) is 0. The maximum absolute atomic E-state index is 2.76. The Kier molecular flexibility index (Phi) is 11.6. The predicted molar refractivity (Wildman–Crippen MR) is 120 cm³/mol. The summed E-state index contributed by atoms with van der Waals surface area (Å²) in [6, 6.07) is 1.62. The summed E-state index contributed by atoms with van der Waals surface area (Å²) in [4.78, 5) is 0. The van der Waals surface area contributed by atoms with E-state index in [0.29, 0.717) is 0 Å². The smallest absolute Gasteiger partial charge is 0.0452 e. The fourth-order valence-electron chi connectivity index (χ4n) is 4.66. The molecule has 0 aliphatic rings. The molecule has 0 atom stereocenters. The summed E-state index contributed by atoms with van der Waals surface area (Å²) in [7, 11) is -2.79. The van der Waals surface area contributed by atoms with Gasteiger partial charge in [-0.15, -0.1) is 0 Å². The molecule has 0 bridgehead atoms. The second kappa shape index (κ2) is 11.3. The zero-order valence-electron chi connectivity index (χ0n) is 18.0. The molecule has 0 N–H and O–H groups in total. The lowest BCUT2D eigenvalue weighted by atomic mass is 10.1. The molecule has 0 rings (SSSR count). The van der Waals surface area contributed by atoms with Crippen LogP contribution in [0.2, 0.25) is 63.2 Å². The van der Waals surface area contributed by atoms with Gasteiger partial charge in [0.1, 0.15) is 0 Å². The van der Waals surface area contributed by atoms with Crippen molar-refractivity contribution in [1.29, 1.82) is 0 Å². The van der Waals surface area contributed by atoms with Crippen molar-refractivity contribution in [2.45, 2.75) is 128 Å². The SMILES string of the molecule is CCCCCCCCCCC[Si](C)(C[Si](C)(C)C)C[Si](C)(C)C. The second-order valence-corrected chi connectivity index (χ2v) is 28.1. The third-order valence-corrected chi connectivity index (χ3v) is 21.7. The topological polar surface area (TPSA) is 0 Å². The zero-order valence-corrected chi connectivity index (χ0v) is 21.0. The van der Waals surface area contributed by atoms with Crippen molar-refractivity contribution >= 4 is 24.2 Å². The highest BCUT2D eigenvalue weighted by atomic mass is 28.4. The van der Waals surface area contributed by atoms with Crippen LogP contribution in [0.25, 0.3) is 0 Å². The molecule has 0 saturated carbocycles. The maximum Gasteiger partial charge on any atom is 0.0452 e. The van der Waals surface area contributed by atoms with Crippen LogP contribution in [0, 0.1) is 0 Å². The Morgan fingerprint density at radius 1 is 0.478 bits per heavy atom. The van der Waals surface area contributed by atoms with E-state index in [9.17, 15) is 0 Å². The van der Waals surface area contributed by atoms with Crippen LogP contribution in [-0.4, -0.2) is 24.2 Å². The molecule has 0 aromatic heterocycles. The van der Waals surface area contributed by atoms with Crippen molar-refractivity contribution in [1.82, 2.24) is 0 Å². The average molecular weight is 373 g/mol. The molecule has 0 amide bonds. The molecule has 0 saturated heterocycles. The van der Waals surface area contributed by atoms with E-state index in [1.54, 1.807) is 17.4 Å². The lowest BCUT2D eigenvalue weighted by Gasteiger charge is -2.37. The molecule has 3 heteroatoms. The van der Waals surface area contributed by atoms with E-state index in [1.165, 1.54) is 57.8 Å². The number of hydrogen-bond donors (Lipinski definition) is 0. The predicted octanol–water partition coefficient (Wildman–Crippen LogP) is 8.35. The molecule has 23 heavy (non-hydrogen) atoms. The highest BCUT2D eigenvalue weighted by Gasteiger charge is 2.36. The summed E-state index contributed by atoms with van der Waals surface area (Å²) in [6.45, 7) is 20.6. The first-order valence-electron chi connectivity index (χ1n) is 10.5. The first-order valence-corrected chi connectivity index (χ1v) is 21.0. The lowest BCUT2D eigenvalue weighted by Crippen LogP contribution is -2.45. The van der Waals surface area contributed by atoms with E-state index in [4.69, 9.17) is 0 Å². The van der Waals surface area contributed by atoms with Gasteiger partial charge in [-0.05, 0) is 0 Å². The quantitative estimate of drug-likeness (QED) is 0.212. The second-order valence-electron chi connectivity index (χ2n) is 10.9. The van der Waals surface area contributed by atoms with Crippen LogP contribution >= 0.6 is 0 Å². The fraction of sp³-hybridized carbons (Fsp3) is 1.00. The van der Waals surface area contributed by atoms with Crippen molar-refractivity contribution in [3.8, 4) is 0 Å². The first kappa shape index (κ1) is 23.7. The van der Waals surface area contributed by atoms with Crippen LogP contribution in [0.15, 0.2) is 0 Å². The van der Waals surface area contributed by atoms with E-state index in [-0.39, 0.29) is 0 Å². The van der Waals surface area contributed by atoms with Gasteiger partial charge in [-0.25, -0.2) is 0 Å². The molecule has 0 fully saturated rings. The van der Waals surface area contributed by atoms with Gasteiger partial charge in [0.05, 0.1) is 0 Å². The summed E-state index contributed by atoms with van der Waals surface area (Å²) in [5.41, 5.74) is 3.34. The molecular weight excluding hydrogens is 324 g/mol. The standard InChI is InChI=1S/C20H48Si3/c1-9-10-11-12-13-14-15-16-17-18-23(8,19-21(2,3)4)20-22(5,6)7/h9-20H2,1-8H3. The van der Waals surface area contributed by atoms with Crippen LogP contribution < -0.4 is 0 Å². The molecule has 0 nitrogen and oxygen atoms in total. The minimum atomic E-state index is -0.983. The molecule has 0 heterocycles. The Bertz CT molecular complexity index is 270. The van der Waals surface area contributed by atoms with Crippen molar-refractivity contribution in [3.63, 3.8) is 0 Å². The van der Waals surface area contributed by atoms with Crippen LogP contribution in [0.4, 0.5) is 0 Å². The molecule has 0 aromatic carbocycles. The Morgan fingerprint density at radius 2 is 0.826 bits per heavy atom. The zero-order chi connectivity index (χ0) is 18.0. The van der Waals surface area contributed by atoms with Gasteiger partial charge in [-0.2, -0.15) is 0 Å². The van der Waals surface area contributed by atoms with Gasteiger partial charge in [-0.1, -0.05) is 128 Å². The third-order valence-electron chi connectivity index (χ3n) is 4.80. The Balaban J connectivity index is 4.06. The van der Waals surface area contributed by atoms with E-state index < -0.39 is 24.2 Å². The number of unbranched alkanes of at least 4 members (excludes halogenated alkanes) is 8. The highest BCUT2D eigenvalue weighted by molar-refractivity contribution is 7.02. The first-order chi connectivity index (χ1) is 10.5. The number of hydrogen-bond acceptors (Lipinski definition) is 0. The molecule has 0 aliphatic heterocycles. The van der Waals surface area contributed by atoms with Gasteiger partial charge in [0.2, 0.25) is 0 Å². The molecule has 140 valence electrons. The van der Waals surface area contributed by atoms with Crippen molar-refractivity contribution in [3.05, 3.63) is 0 Å². The molecular formula is C20H48Si3. The summed E-state index contributed by atoms with van der Waals surface area (Å²) < 4.78 is 0. The Hall–Kier alpha value is 0.651. The minimum absolute atomic E-state index is 0.903. The molecule has 0 spiro atoms. The normalized spacial score (nSPS) is 13.6. The summed E-state index contributed by atoms with van der Waals surface area (Å²) in [5.74, 6) is 0. The highest BCUT2D eigenvalue weighted by Crippen LogP contribution is 2.33.